The molecule has 3 saturated carbocycles. The minimum atomic E-state index is -3.98. The summed E-state index contributed by atoms with van der Waals surface area (Å²) < 4.78 is 46.0. The Morgan fingerprint density at radius 2 is 1.79 bits per heavy atom. The summed E-state index contributed by atoms with van der Waals surface area (Å²) >= 11 is 0. The molecule has 4 heterocycles. The molecule has 1 aromatic carbocycles. The van der Waals surface area contributed by atoms with Crippen LogP contribution in [-0.4, -0.2) is 108 Å². The second-order valence-electron chi connectivity index (χ2n) is 16.6. The fourth-order valence-electron chi connectivity index (χ4n) is 7.98. The van der Waals surface area contributed by atoms with Crippen LogP contribution in [0.4, 0.5) is 4.79 Å². The van der Waals surface area contributed by atoms with Crippen molar-refractivity contribution in [2.24, 2.45) is 5.92 Å². The number of methoxy groups -OCH3 is 1. The van der Waals surface area contributed by atoms with E-state index in [-0.39, 0.29) is 31.5 Å². The Kier molecular flexibility index (Phi) is 10.1. The number of ether oxygens (including phenoxy) is 3. The Morgan fingerprint density at radius 1 is 1.00 bits per heavy atom. The molecule has 5 unspecified atom stereocenters. The third-order valence-corrected chi connectivity index (χ3v) is 14.5. The van der Waals surface area contributed by atoms with Crippen molar-refractivity contribution in [2.45, 2.75) is 125 Å². The van der Waals surface area contributed by atoms with Crippen molar-refractivity contribution in [2.75, 3.05) is 26.7 Å². The van der Waals surface area contributed by atoms with Crippen molar-refractivity contribution < 1.29 is 41.8 Å². The number of amides is 5. The molecule has 3 N–H and O–H groups in total. The molecule has 5 amide bonds. The number of nitrogens with one attached hydrogen (secondary N) is 3. The minimum absolute atomic E-state index is 0.0278. The molecule has 2 aromatic rings. The molecule has 3 aliphatic heterocycles. The van der Waals surface area contributed by atoms with Crippen molar-refractivity contribution in [3.05, 3.63) is 35.9 Å². The number of rotatable bonds is 9. The molecule has 302 valence electrons. The summed E-state index contributed by atoms with van der Waals surface area (Å²) in [4.78, 5) is 64.2. The molecule has 6 aliphatic rings. The van der Waals surface area contributed by atoms with Gasteiger partial charge in [0, 0.05) is 42.4 Å². The second-order valence-corrected chi connectivity index (χ2v) is 18.8. The van der Waals surface area contributed by atoms with Crippen molar-refractivity contribution >= 4 is 44.7 Å². The number of hydrogen-bond donors (Lipinski definition) is 3. The second kappa shape index (κ2) is 14.7. The first-order valence-electron chi connectivity index (χ1n) is 20.0. The number of benzene rings is 1. The van der Waals surface area contributed by atoms with Crippen molar-refractivity contribution in [3.63, 3.8) is 0 Å². The number of sulfonamides is 1. The fourth-order valence-corrected chi connectivity index (χ4v) is 9.29. The number of fused-ring (bicyclic) bond motifs is 3. The molecule has 0 spiro atoms. The summed E-state index contributed by atoms with van der Waals surface area (Å²) in [7, 11) is -2.39. The van der Waals surface area contributed by atoms with Gasteiger partial charge >= 0.3 is 6.03 Å². The van der Waals surface area contributed by atoms with Crippen molar-refractivity contribution in [1.29, 1.82) is 0 Å². The van der Waals surface area contributed by atoms with Gasteiger partial charge in [0.15, 0.2) is 0 Å². The summed E-state index contributed by atoms with van der Waals surface area (Å²) in [6.07, 6.45) is 10.6. The standard InChI is InChI=1S/C40H52N6O9S/c1-24-31(53-3)15-14-28-32(21-33(42-34(24)28)55-26-12-13-26)54-27-20-30-35(47)43-40(37(49)44-56(51,52)39(2)16-17-39)22-25(40)10-7-5-4-6-8-11-29(36(48)46(30)23-27)41-38(50)45-18-9-19-45/h7,10,14-15,21,25-27,29-30H,4-6,8-9,11-13,16-20,22-23H2,1-3H3,(H,41,50)(H,43,47)(H,44,49). The van der Waals surface area contributed by atoms with Crippen LogP contribution in [0.5, 0.6) is 17.4 Å². The number of urea groups is 1. The molecule has 2 saturated heterocycles. The molecule has 8 rings (SSSR count). The van der Waals surface area contributed by atoms with E-state index in [4.69, 9.17) is 19.2 Å². The van der Waals surface area contributed by atoms with Crippen LogP contribution in [0.2, 0.25) is 0 Å². The molecular weight excluding hydrogens is 741 g/mol. The van der Waals surface area contributed by atoms with Crippen LogP contribution in [0.15, 0.2) is 30.4 Å². The first-order chi connectivity index (χ1) is 26.8. The lowest BCUT2D eigenvalue weighted by Gasteiger charge is -2.34. The molecular formula is C40H52N6O9S. The highest BCUT2D eigenvalue weighted by Crippen LogP contribution is 2.48. The molecule has 0 bridgehead atoms. The van der Waals surface area contributed by atoms with E-state index in [1.165, 1.54) is 4.90 Å². The zero-order chi connectivity index (χ0) is 39.4. The Bertz CT molecular complexity index is 2060. The Morgan fingerprint density at radius 3 is 2.48 bits per heavy atom. The summed E-state index contributed by atoms with van der Waals surface area (Å²) in [6.45, 7) is 4.76. The van der Waals surface area contributed by atoms with Gasteiger partial charge < -0.3 is 34.6 Å². The zero-order valence-corrected chi connectivity index (χ0v) is 33.1. The number of pyridine rings is 1. The maximum atomic E-state index is 14.6. The van der Waals surface area contributed by atoms with E-state index in [9.17, 15) is 27.6 Å². The minimum Gasteiger partial charge on any atom is -0.496 e. The quantitative estimate of drug-likeness (QED) is 0.317. The molecule has 5 atom stereocenters. The van der Waals surface area contributed by atoms with Gasteiger partial charge in [-0.3, -0.25) is 19.1 Å². The predicted octanol–water partition coefficient (Wildman–Crippen LogP) is 3.62. The Balaban J connectivity index is 1.11. The number of hydrogen-bond acceptors (Lipinski definition) is 10. The molecule has 16 heteroatoms. The van der Waals surface area contributed by atoms with E-state index in [1.54, 1.807) is 25.0 Å². The average molecular weight is 793 g/mol. The highest BCUT2D eigenvalue weighted by Gasteiger charge is 2.63. The van der Waals surface area contributed by atoms with Gasteiger partial charge in [-0.15, -0.1) is 0 Å². The number of likely N-dealkylation sites (tertiary alicyclic amines) is 1. The molecule has 56 heavy (non-hydrogen) atoms. The largest absolute Gasteiger partial charge is 0.496 e. The summed E-state index contributed by atoms with van der Waals surface area (Å²) in [5.74, 6) is -0.673. The summed E-state index contributed by atoms with van der Waals surface area (Å²) in [6, 6.07) is 3.15. The van der Waals surface area contributed by atoms with Gasteiger partial charge in [-0.1, -0.05) is 25.0 Å². The highest BCUT2D eigenvalue weighted by atomic mass is 32.2. The van der Waals surface area contributed by atoms with E-state index >= 15 is 0 Å². The van der Waals surface area contributed by atoms with Crippen LogP contribution < -0.4 is 29.6 Å². The van der Waals surface area contributed by atoms with E-state index < -0.39 is 62.1 Å². The lowest BCUT2D eigenvalue weighted by atomic mass is 10.0. The first-order valence-corrected chi connectivity index (χ1v) is 21.5. The number of aromatic nitrogens is 1. The molecule has 5 fully saturated rings. The van der Waals surface area contributed by atoms with Crippen molar-refractivity contribution in [1.82, 2.24) is 30.1 Å². The van der Waals surface area contributed by atoms with Crippen LogP contribution in [0.25, 0.3) is 10.9 Å². The van der Waals surface area contributed by atoms with Crippen LogP contribution in [0.1, 0.15) is 89.5 Å². The third-order valence-electron chi connectivity index (χ3n) is 12.4. The van der Waals surface area contributed by atoms with E-state index in [1.807, 2.05) is 31.2 Å². The van der Waals surface area contributed by atoms with Gasteiger partial charge in [0.1, 0.15) is 41.3 Å². The Hall–Kier alpha value is -4.60. The normalized spacial score (nSPS) is 28.8. The lowest BCUT2D eigenvalue weighted by Crippen LogP contribution is -2.59. The first kappa shape index (κ1) is 38.3. The number of aryl methyl sites for hydroxylation is 1. The summed E-state index contributed by atoms with van der Waals surface area (Å²) in [5, 5.41) is 6.60. The topological polar surface area (TPSA) is 186 Å². The van der Waals surface area contributed by atoms with Gasteiger partial charge in [0.2, 0.25) is 27.7 Å². The van der Waals surface area contributed by atoms with Crippen LogP contribution in [0.3, 0.4) is 0 Å². The fraction of sp³-hybridized carbons (Fsp3) is 0.625. The average Bonchev–Trinajstić information content (AvgIpc) is 4.09. The van der Waals surface area contributed by atoms with Gasteiger partial charge in [-0.2, -0.15) is 0 Å². The van der Waals surface area contributed by atoms with Crippen LogP contribution >= 0.6 is 0 Å². The molecule has 3 aliphatic carbocycles. The lowest BCUT2D eigenvalue weighted by molar-refractivity contribution is -0.141. The van der Waals surface area contributed by atoms with E-state index in [0.717, 1.165) is 37.7 Å². The van der Waals surface area contributed by atoms with Gasteiger partial charge in [0.25, 0.3) is 5.91 Å². The number of carbonyl (C=O) groups is 4. The highest BCUT2D eigenvalue weighted by molar-refractivity contribution is 7.91. The third kappa shape index (κ3) is 7.48. The number of nitrogens with zero attached hydrogens (tertiary/aromatic N) is 3. The van der Waals surface area contributed by atoms with Gasteiger partial charge in [-0.25, -0.2) is 18.2 Å². The van der Waals surface area contributed by atoms with Crippen molar-refractivity contribution in [3.8, 4) is 17.4 Å². The summed E-state index contributed by atoms with van der Waals surface area (Å²) in [5.41, 5.74) is -0.0544. The molecule has 0 radical (unpaired) electrons. The van der Waals surface area contributed by atoms with E-state index in [2.05, 4.69) is 15.4 Å². The van der Waals surface area contributed by atoms with E-state index in [0.29, 0.717) is 73.5 Å². The van der Waals surface area contributed by atoms with Gasteiger partial charge in [-0.05, 0) is 83.8 Å². The maximum Gasteiger partial charge on any atom is 0.318 e. The SMILES string of the molecule is COc1ccc2c(OC3CC4C(=O)NC5(C(=O)NS(=O)(=O)C6(C)CC6)CC5C=CCCCCCC(NC(=O)N5CCC5)C(=O)N4C3)cc(OC3CC3)nc2c1C. The maximum absolute atomic E-state index is 14.6. The van der Waals surface area contributed by atoms with Gasteiger partial charge in [0.05, 0.1) is 23.9 Å². The van der Waals surface area contributed by atoms with Crippen LogP contribution in [-0.2, 0) is 24.4 Å². The zero-order valence-electron chi connectivity index (χ0n) is 32.3. The van der Waals surface area contributed by atoms with Crippen LogP contribution in [0, 0.1) is 12.8 Å². The molecule has 1 aromatic heterocycles. The predicted molar refractivity (Wildman–Crippen MR) is 206 cm³/mol. The smallest absolute Gasteiger partial charge is 0.318 e. The monoisotopic (exact) mass is 792 g/mol. The number of allylic oxidation sites excluding steroid dienone is 1. The molecule has 15 nitrogen and oxygen atoms in total. The Labute approximate surface area is 327 Å². The number of carbonyl (C=O) groups excluding carboxylic acids is 4.